The second kappa shape index (κ2) is 4.96. The number of nitrogens with one attached hydrogen (secondary N) is 1. The van der Waals surface area contributed by atoms with Gasteiger partial charge in [-0.1, -0.05) is 12.1 Å². The van der Waals surface area contributed by atoms with Crippen molar-refractivity contribution in [2.45, 2.75) is 6.04 Å². The first kappa shape index (κ1) is 12.9. The third kappa shape index (κ3) is 1.95. The Labute approximate surface area is 106 Å². The number of carboxylic acids is 1. The highest BCUT2D eigenvalue weighted by Crippen LogP contribution is 2.41. The van der Waals surface area contributed by atoms with Crippen LogP contribution in [0.2, 0.25) is 0 Å². The molecule has 1 aliphatic heterocycles. The van der Waals surface area contributed by atoms with Gasteiger partial charge in [-0.2, -0.15) is 0 Å². The zero-order valence-corrected chi connectivity index (χ0v) is 10.5. The summed E-state index contributed by atoms with van der Waals surface area (Å²) in [4.78, 5) is 11.5. The Morgan fingerprint density at radius 2 is 2.28 bits per heavy atom. The van der Waals surface area contributed by atoms with E-state index in [1.165, 1.54) is 0 Å². The molecule has 5 heteroatoms. The zero-order chi connectivity index (χ0) is 13.2. The van der Waals surface area contributed by atoms with Gasteiger partial charge in [0.2, 0.25) is 0 Å². The third-order valence-corrected chi connectivity index (χ3v) is 3.41. The van der Waals surface area contributed by atoms with Crippen molar-refractivity contribution in [3.05, 3.63) is 29.8 Å². The van der Waals surface area contributed by atoms with Gasteiger partial charge in [0, 0.05) is 0 Å². The molecular formula is C13H17NO4. The fourth-order valence-electron chi connectivity index (χ4n) is 2.32. The lowest BCUT2D eigenvalue weighted by atomic mass is 9.75. The number of carboxylic acid groups (broad SMARTS) is 1. The molecule has 0 aliphatic carbocycles. The normalized spacial score (nSPS) is 18.8. The lowest BCUT2D eigenvalue weighted by Gasteiger charge is -2.43. The maximum Gasteiger partial charge on any atom is 0.316 e. The van der Waals surface area contributed by atoms with Crippen LogP contribution in [0.1, 0.15) is 11.6 Å². The van der Waals surface area contributed by atoms with Crippen molar-refractivity contribution >= 4 is 5.97 Å². The van der Waals surface area contributed by atoms with E-state index >= 15 is 0 Å². The summed E-state index contributed by atoms with van der Waals surface area (Å²) >= 11 is 0. The minimum atomic E-state index is -0.888. The van der Waals surface area contributed by atoms with Crippen LogP contribution in [0.15, 0.2) is 24.3 Å². The molecule has 1 aromatic rings. The summed E-state index contributed by atoms with van der Waals surface area (Å²) in [6.07, 6.45) is 0. The van der Waals surface area contributed by atoms with Crippen molar-refractivity contribution in [1.29, 1.82) is 0 Å². The quantitative estimate of drug-likeness (QED) is 0.819. The molecule has 0 aromatic heterocycles. The molecule has 1 saturated heterocycles. The Morgan fingerprint density at radius 3 is 2.72 bits per heavy atom. The molecule has 2 rings (SSSR count). The maximum absolute atomic E-state index is 11.5. The molecule has 18 heavy (non-hydrogen) atoms. The number of carbonyl (C=O) groups is 1. The molecule has 0 saturated carbocycles. The minimum Gasteiger partial charge on any atom is -0.497 e. The minimum absolute atomic E-state index is 0.227. The number of methoxy groups -OCH3 is 1. The highest BCUT2D eigenvalue weighted by molar-refractivity contribution is 5.77. The molecule has 0 radical (unpaired) electrons. The molecule has 0 spiro atoms. The Morgan fingerprint density at radius 1 is 1.56 bits per heavy atom. The van der Waals surface area contributed by atoms with Crippen molar-refractivity contribution in [2.24, 2.45) is 5.41 Å². The summed E-state index contributed by atoms with van der Waals surface area (Å²) < 4.78 is 10.3. The van der Waals surface area contributed by atoms with Crippen LogP contribution in [-0.2, 0) is 9.53 Å². The number of aliphatic carboxylic acids is 1. The summed E-state index contributed by atoms with van der Waals surface area (Å²) in [6, 6.07) is 7.14. The molecule has 1 aliphatic rings. The third-order valence-electron chi connectivity index (χ3n) is 3.41. The van der Waals surface area contributed by atoms with E-state index < -0.39 is 11.4 Å². The molecule has 1 fully saturated rings. The first-order valence-electron chi connectivity index (χ1n) is 5.76. The first-order chi connectivity index (χ1) is 8.64. The first-order valence-corrected chi connectivity index (χ1v) is 5.76. The van der Waals surface area contributed by atoms with Crippen LogP contribution in [0.5, 0.6) is 5.75 Å². The molecule has 1 heterocycles. The number of benzene rings is 1. The SMILES string of the molecule is CNC(c1cccc(OC)c1)C1(C(=O)O)COC1. The van der Waals surface area contributed by atoms with Crippen molar-refractivity contribution in [1.82, 2.24) is 5.32 Å². The highest BCUT2D eigenvalue weighted by Gasteiger charge is 2.52. The lowest BCUT2D eigenvalue weighted by Crippen LogP contribution is -2.56. The Balaban J connectivity index is 2.35. The second-order valence-electron chi connectivity index (χ2n) is 4.45. The Hall–Kier alpha value is -1.59. The van der Waals surface area contributed by atoms with Crippen molar-refractivity contribution in [3.8, 4) is 5.75 Å². The van der Waals surface area contributed by atoms with Crippen LogP contribution in [0.4, 0.5) is 0 Å². The van der Waals surface area contributed by atoms with Gasteiger partial charge in [-0.3, -0.25) is 4.79 Å². The van der Waals surface area contributed by atoms with E-state index in [9.17, 15) is 9.90 Å². The smallest absolute Gasteiger partial charge is 0.316 e. The van der Waals surface area contributed by atoms with Crippen LogP contribution < -0.4 is 10.1 Å². The molecule has 1 aromatic carbocycles. The highest BCUT2D eigenvalue weighted by atomic mass is 16.5. The van der Waals surface area contributed by atoms with Crippen LogP contribution in [-0.4, -0.2) is 38.4 Å². The molecule has 1 unspecified atom stereocenters. The van der Waals surface area contributed by atoms with E-state index in [0.29, 0.717) is 5.75 Å². The summed E-state index contributed by atoms with van der Waals surface area (Å²) in [5.74, 6) is -0.121. The van der Waals surface area contributed by atoms with Crippen molar-refractivity contribution in [2.75, 3.05) is 27.4 Å². The van der Waals surface area contributed by atoms with Crippen LogP contribution in [0, 0.1) is 5.41 Å². The predicted molar refractivity (Wildman–Crippen MR) is 65.7 cm³/mol. The average Bonchev–Trinajstić information content (AvgIpc) is 2.33. The van der Waals surface area contributed by atoms with Gasteiger partial charge >= 0.3 is 5.97 Å². The zero-order valence-electron chi connectivity index (χ0n) is 10.5. The van der Waals surface area contributed by atoms with Crippen LogP contribution in [0.25, 0.3) is 0 Å². The molecule has 2 N–H and O–H groups in total. The van der Waals surface area contributed by atoms with Gasteiger partial charge in [-0.15, -0.1) is 0 Å². The summed E-state index contributed by atoms with van der Waals surface area (Å²) in [7, 11) is 3.35. The van der Waals surface area contributed by atoms with Crippen molar-refractivity contribution < 1.29 is 19.4 Å². The van der Waals surface area contributed by atoms with E-state index in [1.807, 2.05) is 24.3 Å². The molecule has 98 valence electrons. The topological polar surface area (TPSA) is 67.8 Å². The van der Waals surface area contributed by atoms with Crippen LogP contribution in [0.3, 0.4) is 0 Å². The average molecular weight is 251 g/mol. The summed E-state index contributed by atoms with van der Waals surface area (Å²) in [5, 5.41) is 12.5. The number of hydrogen-bond acceptors (Lipinski definition) is 4. The largest absolute Gasteiger partial charge is 0.497 e. The molecular weight excluding hydrogens is 234 g/mol. The summed E-state index contributed by atoms with van der Waals surface area (Å²) in [6.45, 7) is 0.454. The monoisotopic (exact) mass is 251 g/mol. The Bertz CT molecular complexity index is 442. The van der Waals surface area contributed by atoms with Gasteiger partial charge in [0.1, 0.15) is 11.2 Å². The van der Waals surface area contributed by atoms with E-state index in [0.717, 1.165) is 5.56 Å². The molecule has 0 amide bonds. The van der Waals surface area contributed by atoms with Gasteiger partial charge in [0.05, 0.1) is 26.4 Å². The lowest BCUT2D eigenvalue weighted by molar-refractivity contribution is -0.186. The predicted octanol–water partition coefficient (Wildman–Crippen LogP) is 1.06. The maximum atomic E-state index is 11.5. The molecule has 1 atom stereocenters. The van der Waals surface area contributed by atoms with Gasteiger partial charge in [-0.05, 0) is 24.7 Å². The van der Waals surface area contributed by atoms with Gasteiger partial charge < -0.3 is 19.9 Å². The van der Waals surface area contributed by atoms with E-state index in [4.69, 9.17) is 9.47 Å². The van der Waals surface area contributed by atoms with E-state index in [1.54, 1.807) is 14.2 Å². The summed E-state index contributed by atoms with van der Waals surface area (Å²) in [5.41, 5.74) is 0.00347. The van der Waals surface area contributed by atoms with E-state index in [2.05, 4.69) is 5.32 Å². The van der Waals surface area contributed by atoms with Gasteiger partial charge in [-0.25, -0.2) is 0 Å². The fourth-order valence-corrected chi connectivity index (χ4v) is 2.32. The number of rotatable bonds is 5. The van der Waals surface area contributed by atoms with Crippen LogP contribution >= 0.6 is 0 Å². The second-order valence-corrected chi connectivity index (χ2v) is 4.45. The Kier molecular flexibility index (Phi) is 3.54. The molecule has 5 nitrogen and oxygen atoms in total. The molecule has 0 bridgehead atoms. The van der Waals surface area contributed by atoms with Gasteiger partial charge in [0.15, 0.2) is 0 Å². The van der Waals surface area contributed by atoms with Crippen molar-refractivity contribution in [3.63, 3.8) is 0 Å². The number of hydrogen-bond donors (Lipinski definition) is 2. The van der Waals surface area contributed by atoms with Gasteiger partial charge in [0.25, 0.3) is 0 Å². The fraction of sp³-hybridized carbons (Fsp3) is 0.462. The number of ether oxygens (including phenoxy) is 2. The standard InChI is InChI=1S/C13H17NO4/c1-14-11(13(12(15)16)7-18-8-13)9-4-3-5-10(6-9)17-2/h3-6,11,14H,7-8H2,1-2H3,(H,15,16). The van der Waals surface area contributed by atoms with E-state index in [-0.39, 0.29) is 19.3 Å².